The number of benzene rings is 1. The topological polar surface area (TPSA) is 29.3 Å². The van der Waals surface area contributed by atoms with Crippen molar-refractivity contribution in [2.75, 3.05) is 25.6 Å². The highest BCUT2D eigenvalue weighted by Crippen LogP contribution is 2.26. The minimum absolute atomic E-state index is 0.316. The van der Waals surface area contributed by atoms with Gasteiger partial charge in [-0.25, -0.2) is 0 Å². The molecule has 0 aliphatic rings. The molecule has 3 heteroatoms. The van der Waals surface area contributed by atoms with E-state index >= 15 is 0 Å². The van der Waals surface area contributed by atoms with Crippen LogP contribution in [0.4, 0.5) is 0 Å². The van der Waals surface area contributed by atoms with E-state index in [4.69, 9.17) is 5.73 Å². The summed E-state index contributed by atoms with van der Waals surface area (Å²) in [4.78, 5) is 2.43. The summed E-state index contributed by atoms with van der Waals surface area (Å²) in [7, 11) is 2.20. The van der Waals surface area contributed by atoms with Crippen LogP contribution in [0.2, 0.25) is 0 Å². The number of nitrogens with two attached hydrogens (primary N) is 1. The van der Waals surface area contributed by atoms with E-state index in [1.54, 1.807) is 0 Å². The fourth-order valence-electron chi connectivity index (χ4n) is 2.45. The van der Waals surface area contributed by atoms with Gasteiger partial charge in [-0.05, 0) is 62.9 Å². The number of thioether (sulfide) groups is 1. The van der Waals surface area contributed by atoms with Crippen molar-refractivity contribution in [3.8, 4) is 0 Å². The van der Waals surface area contributed by atoms with E-state index < -0.39 is 0 Å². The summed E-state index contributed by atoms with van der Waals surface area (Å²) in [5, 5.41) is 0. The highest BCUT2D eigenvalue weighted by molar-refractivity contribution is 7.98. The van der Waals surface area contributed by atoms with E-state index in [2.05, 4.69) is 57.2 Å². The van der Waals surface area contributed by atoms with Gasteiger partial charge in [0.25, 0.3) is 0 Å². The largest absolute Gasteiger partial charge is 0.329 e. The summed E-state index contributed by atoms with van der Waals surface area (Å²) in [5.41, 5.74) is 10.1. The lowest BCUT2D eigenvalue weighted by atomic mass is 9.95. The molecule has 0 aliphatic carbocycles. The third kappa shape index (κ3) is 4.23. The minimum Gasteiger partial charge on any atom is -0.329 e. The normalized spacial score (nSPS) is 14.7. The Morgan fingerprint density at radius 1 is 1.32 bits per heavy atom. The summed E-state index contributed by atoms with van der Waals surface area (Å²) in [6.07, 6.45) is 3.37. The van der Waals surface area contributed by atoms with Gasteiger partial charge in [0, 0.05) is 18.6 Å². The fraction of sp³-hybridized carbons (Fsp3) is 0.625. The van der Waals surface area contributed by atoms with Gasteiger partial charge in [0.05, 0.1) is 0 Å². The standard InChI is InChI=1S/C16H28N2S/c1-12-7-6-8-15(14(12)3)16(11-17)18(4)13(2)9-10-19-5/h6-8,13,16H,9-11,17H2,1-5H3. The summed E-state index contributed by atoms with van der Waals surface area (Å²) in [6, 6.07) is 7.40. The van der Waals surface area contributed by atoms with E-state index in [0.29, 0.717) is 18.6 Å². The Hall–Kier alpha value is -0.510. The van der Waals surface area contributed by atoms with E-state index in [-0.39, 0.29) is 0 Å². The molecule has 2 nitrogen and oxygen atoms in total. The van der Waals surface area contributed by atoms with Crippen LogP contribution in [0.5, 0.6) is 0 Å². The Morgan fingerprint density at radius 3 is 2.58 bits per heavy atom. The predicted octanol–water partition coefficient (Wildman–Crippen LogP) is 3.38. The van der Waals surface area contributed by atoms with Crippen LogP contribution in [0.1, 0.15) is 36.1 Å². The van der Waals surface area contributed by atoms with Crippen molar-refractivity contribution in [1.29, 1.82) is 0 Å². The number of aryl methyl sites for hydroxylation is 1. The number of likely N-dealkylation sites (N-methyl/N-ethyl adjacent to an activating group) is 1. The second-order valence-corrected chi connectivity index (χ2v) is 6.32. The van der Waals surface area contributed by atoms with Crippen molar-refractivity contribution in [2.45, 2.75) is 39.3 Å². The molecule has 1 aromatic rings. The quantitative estimate of drug-likeness (QED) is 0.830. The van der Waals surface area contributed by atoms with Crippen LogP contribution in [0, 0.1) is 13.8 Å². The second-order valence-electron chi connectivity index (χ2n) is 5.34. The molecule has 0 amide bonds. The van der Waals surface area contributed by atoms with Crippen molar-refractivity contribution in [2.24, 2.45) is 5.73 Å². The third-order valence-electron chi connectivity index (χ3n) is 4.16. The molecule has 0 aromatic heterocycles. The van der Waals surface area contributed by atoms with Gasteiger partial charge in [-0.1, -0.05) is 18.2 Å². The lowest BCUT2D eigenvalue weighted by molar-refractivity contribution is 0.185. The third-order valence-corrected chi connectivity index (χ3v) is 4.80. The van der Waals surface area contributed by atoms with Gasteiger partial charge in [-0.15, -0.1) is 0 Å². The maximum absolute atomic E-state index is 6.04. The molecule has 2 atom stereocenters. The van der Waals surface area contributed by atoms with Crippen LogP contribution >= 0.6 is 11.8 Å². The van der Waals surface area contributed by atoms with Crippen LogP contribution in [0.25, 0.3) is 0 Å². The number of rotatable bonds is 7. The lowest BCUT2D eigenvalue weighted by Crippen LogP contribution is -2.37. The smallest absolute Gasteiger partial charge is 0.0472 e. The monoisotopic (exact) mass is 280 g/mol. The molecule has 0 aliphatic heterocycles. The van der Waals surface area contributed by atoms with Gasteiger partial charge in [-0.2, -0.15) is 11.8 Å². The average Bonchev–Trinajstić information content (AvgIpc) is 2.41. The van der Waals surface area contributed by atoms with Crippen molar-refractivity contribution in [3.05, 3.63) is 34.9 Å². The first-order valence-corrected chi connectivity index (χ1v) is 8.39. The maximum Gasteiger partial charge on any atom is 0.0472 e. The maximum atomic E-state index is 6.04. The molecular formula is C16H28N2S. The first-order chi connectivity index (χ1) is 9.02. The van der Waals surface area contributed by atoms with Gasteiger partial charge in [0.15, 0.2) is 0 Å². The Labute approximate surface area is 122 Å². The summed E-state index contributed by atoms with van der Waals surface area (Å²) in [6.45, 7) is 7.34. The molecule has 0 saturated heterocycles. The zero-order chi connectivity index (χ0) is 14.4. The van der Waals surface area contributed by atoms with E-state index in [0.717, 1.165) is 0 Å². The zero-order valence-electron chi connectivity index (χ0n) is 12.9. The van der Waals surface area contributed by atoms with Gasteiger partial charge < -0.3 is 5.73 Å². The molecule has 0 heterocycles. The molecule has 0 bridgehead atoms. The molecule has 0 saturated carbocycles. The molecule has 0 radical (unpaired) electrons. The second kappa shape index (κ2) is 7.93. The Bertz CT molecular complexity index is 392. The van der Waals surface area contributed by atoms with E-state index in [1.807, 2.05) is 11.8 Å². The highest BCUT2D eigenvalue weighted by Gasteiger charge is 2.21. The van der Waals surface area contributed by atoms with Gasteiger partial charge >= 0.3 is 0 Å². The average molecular weight is 280 g/mol. The molecule has 2 N–H and O–H groups in total. The molecular weight excluding hydrogens is 252 g/mol. The van der Waals surface area contributed by atoms with E-state index in [1.165, 1.54) is 28.9 Å². The van der Waals surface area contributed by atoms with Crippen LogP contribution < -0.4 is 5.73 Å². The Kier molecular flexibility index (Phi) is 6.90. The Morgan fingerprint density at radius 2 is 2.00 bits per heavy atom. The van der Waals surface area contributed by atoms with Crippen LogP contribution in [-0.2, 0) is 0 Å². The molecule has 19 heavy (non-hydrogen) atoms. The van der Waals surface area contributed by atoms with Crippen molar-refractivity contribution < 1.29 is 0 Å². The molecule has 108 valence electrons. The first kappa shape index (κ1) is 16.5. The van der Waals surface area contributed by atoms with Gasteiger partial charge in [-0.3, -0.25) is 4.90 Å². The molecule has 2 unspecified atom stereocenters. The Balaban J connectivity index is 2.90. The number of nitrogens with zero attached hydrogens (tertiary/aromatic N) is 1. The SMILES string of the molecule is CSCCC(C)N(C)C(CN)c1cccc(C)c1C. The van der Waals surface area contributed by atoms with Gasteiger partial charge in [0.2, 0.25) is 0 Å². The van der Waals surface area contributed by atoms with Crippen molar-refractivity contribution in [1.82, 2.24) is 4.90 Å². The molecule has 0 fully saturated rings. The fourth-order valence-corrected chi connectivity index (χ4v) is 3.02. The number of hydrogen-bond donors (Lipinski definition) is 1. The molecule has 1 aromatic carbocycles. The van der Waals surface area contributed by atoms with Crippen LogP contribution in [0.3, 0.4) is 0 Å². The predicted molar refractivity (Wildman–Crippen MR) is 87.9 cm³/mol. The minimum atomic E-state index is 0.316. The zero-order valence-corrected chi connectivity index (χ0v) is 13.8. The number of hydrogen-bond acceptors (Lipinski definition) is 3. The van der Waals surface area contributed by atoms with Crippen LogP contribution in [0.15, 0.2) is 18.2 Å². The summed E-state index contributed by atoms with van der Waals surface area (Å²) >= 11 is 1.91. The van der Waals surface area contributed by atoms with Gasteiger partial charge in [0.1, 0.15) is 0 Å². The van der Waals surface area contributed by atoms with Crippen molar-refractivity contribution in [3.63, 3.8) is 0 Å². The highest BCUT2D eigenvalue weighted by atomic mass is 32.2. The lowest BCUT2D eigenvalue weighted by Gasteiger charge is -2.34. The van der Waals surface area contributed by atoms with E-state index in [9.17, 15) is 0 Å². The molecule has 0 spiro atoms. The summed E-state index contributed by atoms with van der Waals surface area (Å²) < 4.78 is 0. The molecule has 1 rings (SSSR count). The van der Waals surface area contributed by atoms with Crippen LogP contribution in [-0.4, -0.2) is 36.5 Å². The van der Waals surface area contributed by atoms with Crippen molar-refractivity contribution >= 4 is 11.8 Å². The first-order valence-electron chi connectivity index (χ1n) is 7.00. The summed E-state index contributed by atoms with van der Waals surface area (Å²) in [5.74, 6) is 1.20.